The van der Waals surface area contributed by atoms with E-state index < -0.39 is 0 Å². The van der Waals surface area contributed by atoms with Crippen LogP contribution >= 0.6 is 11.3 Å². The fourth-order valence-electron chi connectivity index (χ4n) is 2.17. The lowest BCUT2D eigenvalue weighted by Crippen LogP contribution is -2.37. The van der Waals surface area contributed by atoms with Crippen LogP contribution in [0.4, 0.5) is 0 Å². The molecule has 0 saturated heterocycles. The van der Waals surface area contributed by atoms with Crippen LogP contribution in [0.5, 0.6) is 5.75 Å². The zero-order chi connectivity index (χ0) is 15.8. The van der Waals surface area contributed by atoms with Crippen molar-refractivity contribution in [1.29, 1.82) is 0 Å². The van der Waals surface area contributed by atoms with Crippen LogP contribution in [0.1, 0.15) is 17.4 Å². The van der Waals surface area contributed by atoms with Crippen molar-refractivity contribution in [2.75, 3.05) is 20.7 Å². The highest BCUT2D eigenvalue weighted by Crippen LogP contribution is 2.13. The standard InChI is InChI=1S/C17H23N3OS/c1-4-21-15-9-7-14(8-10-15)13-20(3)17(18-2)19-12-16-6-5-11-22-16/h5-11H,4,12-13H2,1-3H3,(H,18,19). The van der Waals surface area contributed by atoms with Gasteiger partial charge in [-0.25, -0.2) is 0 Å². The first kappa shape index (κ1) is 16.4. The van der Waals surface area contributed by atoms with Crippen LogP contribution in [0.3, 0.4) is 0 Å². The third kappa shape index (κ3) is 4.77. The molecule has 2 aromatic rings. The predicted molar refractivity (Wildman–Crippen MR) is 93.6 cm³/mol. The fraction of sp³-hybridized carbons (Fsp3) is 0.353. The number of ether oxygens (including phenoxy) is 1. The van der Waals surface area contributed by atoms with Gasteiger partial charge in [0.05, 0.1) is 13.2 Å². The first-order chi connectivity index (χ1) is 10.7. The van der Waals surface area contributed by atoms with Gasteiger partial charge in [-0.15, -0.1) is 11.3 Å². The number of nitrogens with one attached hydrogen (secondary N) is 1. The minimum atomic E-state index is 0.693. The Kier molecular flexibility index (Phi) is 6.27. The maximum Gasteiger partial charge on any atom is 0.193 e. The minimum Gasteiger partial charge on any atom is -0.494 e. The smallest absolute Gasteiger partial charge is 0.193 e. The van der Waals surface area contributed by atoms with E-state index in [1.54, 1.807) is 11.3 Å². The largest absolute Gasteiger partial charge is 0.494 e. The van der Waals surface area contributed by atoms with Crippen LogP contribution in [0.15, 0.2) is 46.8 Å². The molecule has 4 nitrogen and oxygen atoms in total. The van der Waals surface area contributed by atoms with Crippen LogP contribution in [-0.4, -0.2) is 31.6 Å². The molecule has 1 aromatic carbocycles. The van der Waals surface area contributed by atoms with Crippen molar-refractivity contribution in [3.63, 3.8) is 0 Å². The molecule has 0 bridgehead atoms. The number of benzene rings is 1. The summed E-state index contributed by atoms with van der Waals surface area (Å²) in [5.41, 5.74) is 1.23. The summed E-state index contributed by atoms with van der Waals surface area (Å²) in [6.45, 7) is 4.29. The van der Waals surface area contributed by atoms with Crippen molar-refractivity contribution in [3.8, 4) is 5.75 Å². The molecule has 0 fully saturated rings. The van der Waals surface area contributed by atoms with E-state index in [1.165, 1.54) is 10.4 Å². The Balaban J connectivity index is 1.89. The van der Waals surface area contributed by atoms with Crippen LogP contribution in [0, 0.1) is 0 Å². The molecule has 118 valence electrons. The van der Waals surface area contributed by atoms with Gasteiger partial charge in [0.2, 0.25) is 0 Å². The molecule has 1 aromatic heterocycles. The minimum absolute atomic E-state index is 0.693. The van der Waals surface area contributed by atoms with Gasteiger partial charge in [0.25, 0.3) is 0 Å². The number of rotatable bonds is 6. The van der Waals surface area contributed by atoms with E-state index in [-0.39, 0.29) is 0 Å². The number of hydrogen-bond acceptors (Lipinski definition) is 3. The average Bonchev–Trinajstić information content (AvgIpc) is 3.03. The highest BCUT2D eigenvalue weighted by atomic mass is 32.1. The number of nitrogens with zero attached hydrogens (tertiary/aromatic N) is 2. The summed E-state index contributed by atoms with van der Waals surface area (Å²) in [4.78, 5) is 7.76. The number of hydrogen-bond donors (Lipinski definition) is 1. The zero-order valence-electron chi connectivity index (χ0n) is 13.4. The summed E-state index contributed by atoms with van der Waals surface area (Å²) >= 11 is 1.75. The highest BCUT2D eigenvalue weighted by molar-refractivity contribution is 7.09. The maximum absolute atomic E-state index is 5.47. The molecule has 0 aliphatic heterocycles. The van der Waals surface area contributed by atoms with E-state index in [9.17, 15) is 0 Å². The van der Waals surface area contributed by atoms with Gasteiger partial charge in [0, 0.05) is 25.5 Å². The maximum atomic E-state index is 5.47. The molecule has 2 rings (SSSR count). The predicted octanol–water partition coefficient (Wildman–Crippen LogP) is 3.35. The Labute approximate surface area is 136 Å². The monoisotopic (exact) mass is 317 g/mol. The number of aliphatic imine (C=N–C) groups is 1. The Hall–Kier alpha value is -2.01. The zero-order valence-corrected chi connectivity index (χ0v) is 14.2. The average molecular weight is 317 g/mol. The third-order valence-corrected chi connectivity index (χ3v) is 4.10. The Morgan fingerprint density at radius 2 is 2.05 bits per heavy atom. The van der Waals surface area contributed by atoms with E-state index in [0.29, 0.717) is 6.61 Å². The Bertz CT molecular complexity index is 578. The summed E-state index contributed by atoms with van der Waals surface area (Å²) in [5.74, 6) is 1.80. The van der Waals surface area contributed by atoms with Crippen LogP contribution < -0.4 is 10.1 Å². The second-order valence-electron chi connectivity index (χ2n) is 4.91. The fourth-order valence-corrected chi connectivity index (χ4v) is 2.82. The van der Waals surface area contributed by atoms with Crippen LogP contribution in [-0.2, 0) is 13.1 Å². The summed E-state index contributed by atoms with van der Waals surface area (Å²) in [6, 6.07) is 12.4. The van der Waals surface area contributed by atoms with Gasteiger partial charge in [0.1, 0.15) is 5.75 Å². The molecular formula is C17H23N3OS. The summed E-state index contributed by atoms with van der Waals surface area (Å²) in [5, 5.41) is 5.47. The van der Waals surface area contributed by atoms with Crippen molar-refractivity contribution < 1.29 is 4.74 Å². The topological polar surface area (TPSA) is 36.9 Å². The van der Waals surface area contributed by atoms with Gasteiger partial charge in [-0.1, -0.05) is 18.2 Å². The van der Waals surface area contributed by atoms with Gasteiger partial charge < -0.3 is 15.0 Å². The SMILES string of the molecule is CCOc1ccc(CN(C)C(=NC)NCc2cccs2)cc1. The molecule has 0 radical (unpaired) electrons. The normalized spacial score (nSPS) is 11.3. The first-order valence-corrected chi connectivity index (χ1v) is 8.26. The van der Waals surface area contributed by atoms with E-state index >= 15 is 0 Å². The van der Waals surface area contributed by atoms with E-state index in [1.807, 2.05) is 33.2 Å². The van der Waals surface area contributed by atoms with Crippen molar-refractivity contribution in [2.24, 2.45) is 4.99 Å². The summed E-state index contributed by atoms with van der Waals surface area (Å²) < 4.78 is 5.47. The van der Waals surface area contributed by atoms with Crippen molar-refractivity contribution >= 4 is 17.3 Å². The van der Waals surface area contributed by atoms with Gasteiger partial charge in [-0.05, 0) is 36.1 Å². The molecule has 0 amide bonds. The third-order valence-electron chi connectivity index (χ3n) is 3.23. The second-order valence-corrected chi connectivity index (χ2v) is 5.95. The highest BCUT2D eigenvalue weighted by Gasteiger charge is 2.07. The summed E-state index contributed by atoms with van der Waals surface area (Å²) in [6.07, 6.45) is 0. The summed E-state index contributed by atoms with van der Waals surface area (Å²) in [7, 11) is 3.85. The Morgan fingerprint density at radius 1 is 1.27 bits per heavy atom. The first-order valence-electron chi connectivity index (χ1n) is 7.38. The molecule has 0 saturated carbocycles. The quantitative estimate of drug-likeness (QED) is 0.656. The molecule has 0 unspecified atom stereocenters. The van der Waals surface area contributed by atoms with Crippen LogP contribution in [0.25, 0.3) is 0 Å². The molecule has 1 heterocycles. The van der Waals surface area contributed by atoms with Gasteiger partial charge >= 0.3 is 0 Å². The number of guanidine groups is 1. The van der Waals surface area contributed by atoms with Crippen molar-refractivity contribution in [2.45, 2.75) is 20.0 Å². The second kappa shape index (κ2) is 8.44. The number of thiophene rings is 1. The molecule has 0 spiro atoms. The Morgan fingerprint density at radius 3 is 2.64 bits per heavy atom. The van der Waals surface area contributed by atoms with Gasteiger partial charge in [0.15, 0.2) is 5.96 Å². The van der Waals surface area contributed by atoms with Crippen molar-refractivity contribution in [3.05, 3.63) is 52.2 Å². The lowest BCUT2D eigenvalue weighted by atomic mass is 10.2. The lowest BCUT2D eigenvalue weighted by molar-refractivity contribution is 0.340. The van der Waals surface area contributed by atoms with Crippen LogP contribution in [0.2, 0.25) is 0 Å². The van der Waals surface area contributed by atoms with E-state index in [4.69, 9.17) is 4.74 Å². The molecule has 0 atom stereocenters. The molecule has 22 heavy (non-hydrogen) atoms. The molecule has 0 aliphatic rings. The van der Waals surface area contributed by atoms with E-state index in [2.05, 4.69) is 44.9 Å². The lowest BCUT2D eigenvalue weighted by Gasteiger charge is -2.22. The molecule has 0 aliphatic carbocycles. The van der Waals surface area contributed by atoms with Crippen molar-refractivity contribution in [1.82, 2.24) is 10.2 Å². The molecule has 5 heteroatoms. The molecule has 1 N–H and O–H groups in total. The van der Waals surface area contributed by atoms with E-state index in [0.717, 1.165) is 24.8 Å². The van der Waals surface area contributed by atoms with Gasteiger partial charge in [-0.3, -0.25) is 4.99 Å². The van der Waals surface area contributed by atoms with Gasteiger partial charge in [-0.2, -0.15) is 0 Å². The molecular weight excluding hydrogens is 294 g/mol.